The average Bonchev–Trinajstić information content (AvgIpc) is 3.06. The minimum Gasteiger partial charge on any atom is -0.364 e. The van der Waals surface area contributed by atoms with Crippen molar-refractivity contribution in [1.82, 2.24) is 14.5 Å². The Hall–Kier alpha value is -2.40. The second kappa shape index (κ2) is 5.31. The number of carbonyl (C=O) groups is 1. The van der Waals surface area contributed by atoms with Gasteiger partial charge >= 0.3 is 6.18 Å². The van der Waals surface area contributed by atoms with Gasteiger partial charge in [-0.15, -0.1) is 0 Å². The highest BCUT2D eigenvalue weighted by molar-refractivity contribution is 7.89. The number of benzene rings is 1. The molecule has 24 heavy (non-hydrogen) atoms. The van der Waals surface area contributed by atoms with Gasteiger partial charge in [-0.05, 0) is 12.1 Å². The number of nitrogens with two attached hydrogens (primary N) is 1. The van der Waals surface area contributed by atoms with Gasteiger partial charge in [0.15, 0.2) is 5.69 Å². The minimum absolute atomic E-state index is 0.119. The summed E-state index contributed by atoms with van der Waals surface area (Å²) in [5, 5.41) is 6.17. The molecule has 0 saturated carbocycles. The minimum atomic E-state index is -4.81. The van der Waals surface area contributed by atoms with Crippen molar-refractivity contribution in [3.8, 4) is 0 Å². The highest BCUT2D eigenvalue weighted by Gasteiger charge is 2.41. The van der Waals surface area contributed by atoms with Gasteiger partial charge in [0.1, 0.15) is 0 Å². The molecule has 1 aliphatic heterocycles. The number of sulfonamides is 1. The second-order valence-corrected chi connectivity index (χ2v) is 7.07. The molecule has 2 heterocycles. The monoisotopic (exact) mass is 360 g/mol. The van der Waals surface area contributed by atoms with E-state index in [2.05, 4.69) is 10.2 Å². The fourth-order valence-corrected chi connectivity index (χ4v) is 4.14. The Kier molecular flexibility index (Phi) is 3.64. The molecule has 11 heteroatoms. The van der Waals surface area contributed by atoms with Gasteiger partial charge < -0.3 is 5.73 Å². The van der Waals surface area contributed by atoms with Crippen LogP contribution >= 0.6 is 0 Å². The van der Waals surface area contributed by atoms with Gasteiger partial charge in [-0.3, -0.25) is 9.89 Å². The fraction of sp³-hybridized carbons (Fsp3) is 0.231. The van der Waals surface area contributed by atoms with Crippen LogP contribution in [0.5, 0.6) is 0 Å². The molecule has 1 aromatic carbocycles. The summed E-state index contributed by atoms with van der Waals surface area (Å²) in [6.07, 6.45) is -4.81. The fourth-order valence-electron chi connectivity index (χ4n) is 2.55. The molecule has 1 amide bonds. The average molecular weight is 360 g/mol. The number of primary amides is 1. The molecule has 0 radical (unpaired) electrons. The lowest BCUT2D eigenvalue weighted by atomic mass is 10.2. The van der Waals surface area contributed by atoms with E-state index in [-0.39, 0.29) is 24.3 Å². The van der Waals surface area contributed by atoms with Crippen molar-refractivity contribution in [1.29, 1.82) is 0 Å². The Labute approximate surface area is 134 Å². The Balaban J connectivity index is 2.01. The molecule has 3 N–H and O–H groups in total. The number of hydrogen-bond acceptors (Lipinski definition) is 4. The summed E-state index contributed by atoms with van der Waals surface area (Å²) in [5.41, 5.74) is 4.38. The highest BCUT2D eigenvalue weighted by atomic mass is 32.2. The van der Waals surface area contributed by atoms with Crippen molar-refractivity contribution in [3.63, 3.8) is 0 Å². The predicted molar refractivity (Wildman–Crippen MR) is 75.0 cm³/mol. The number of aromatic amines is 1. The van der Waals surface area contributed by atoms with Crippen molar-refractivity contribution >= 4 is 15.9 Å². The topological polar surface area (TPSA) is 109 Å². The second-order valence-electron chi connectivity index (χ2n) is 5.16. The molecular formula is C13H11F3N4O3S. The molecule has 0 spiro atoms. The number of rotatable bonds is 3. The van der Waals surface area contributed by atoms with Gasteiger partial charge in [0, 0.05) is 12.1 Å². The molecule has 128 valence electrons. The highest BCUT2D eigenvalue weighted by Crippen LogP contribution is 2.37. The van der Waals surface area contributed by atoms with E-state index in [4.69, 9.17) is 5.73 Å². The molecule has 0 bridgehead atoms. The molecule has 0 unspecified atom stereocenters. The molecule has 0 aliphatic carbocycles. The van der Waals surface area contributed by atoms with Gasteiger partial charge in [0.05, 0.1) is 22.7 Å². The largest absolute Gasteiger partial charge is 0.417 e. The van der Waals surface area contributed by atoms with E-state index in [0.29, 0.717) is 11.8 Å². The van der Waals surface area contributed by atoms with Crippen LogP contribution in [-0.2, 0) is 29.3 Å². The molecule has 0 atom stereocenters. The van der Waals surface area contributed by atoms with Crippen LogP contribution in [0.3, 0.4) is 0 Å². The van der Waals surface area contributed by atoms with Crippen molar-refractivity contribution < 1.29 is 26.4 Å². The standard InChI is InChI=1S/C13H11F3N4O3S/c14-13(15,16)8-3-1-2-4-10(8)24(22,23)20-5-7-9(6-20)18-19-11(7)12(17)21/h1-4H,5-6H2,(H2,17,21)(H,18,19). The van der Waals surface area contributed by atoms with Crippen molar-refractivity contribution in [2.45, 2.75) is 24.2 Å². The first kappa shape index (κ1) is 16.5. The molecule has 3 rings (SSSR count). The normalized spacial score (nSPS) is 15.5. The van der Waals surface area contributed by atoms with Gasteiger partial charge in [0.2, 0.25) is 10.0 Å². The lowest BCUT2D eigenvalue weighted by Crippen LogP contribution is -2.28. The zero-order valence-electron chi connectivity index (χ0n) is 12.0. The third-order valence-electron chi connectivity index (χ3n) is 3.67. The van der Waals surface area contributed by atoms with Gasteiger partial charge in [-0.1, -0.05) is 12.1 Å². The lowest BCUT2D eigenvalue weighted by Gasteiger charge is -2.19. The molecule has 2 aromatic rings. The Morgan fingerprint density at radius 2 is 1.92 bits per heavy atom. The number of fused-ring (bicyclic) bond motifs is 1. The van der Waals surface area contributed by atoms with Crippen LogP contribution in [0, 0.1) is 0 Å². The van der Waals surface area contributed by atoms with Crippen molar-refractivity contribution in [3.05, 3.63) is 46.8 Å². The number of H-pyrrole nitrogens is 1. The van der Waals surface area contributed by atoms with E-state index < -0.39 is 32.6 Å². The van der Waals surface area contributed by atoms with Crippen LogP contribution in [0.25, 0.3) is 0 Å². The molecule has 7 nitrogen and oxygen atoms in total. The summed E-state index contributed by atoms with van der Waals surface area (Å²) in [6.45, 7) is -0.497. The van der Waals surface area contributed by atoms with Crippen LogP contribution < -0.4 is 5.73 Å². The quantitative estimate of drug-likeness (QED) is 0.858. The number of hydrogen-bond donors (Lipinski definition) is 2. The molecular weight excluding hydrogens is 349 g/mol. The van der Waals surface area contributed by atoms with Gasteiger partial charge in [-0.2, -0.15) is 22.6 Å². The van der Waals surface area contributed by atoms with E-state index in [1.807, 2.05) is 0 Å². The third kappa shape index (κ3) is 2.55. The van der Waals surface area contributed by atoms with Crippen molar-refractivity contribution in [2.75, 3.05) is 0 Å². The number of halogens is 3. The van der Waals surface area contributed by atoms with Crippen LogP contribution in [0.4, 0.5) is 13.2 Å². The Morgan fingerprint density at radius 3 is 2.54 bits per heavy atom. The molecule has 1 aliphatic rings. The van der Waals surface area contributed by atoms with Crippen molar-refractivity contribution in [2.24, 2.45) is 5.73 Å². The zero-order valence-corrected chi connectivity index (χ0v) is 12.8. The Bertz CT molecular complexity index is 921. The van der Waals surface area contributed by atoms with E-state index in [1.165, 1.54) is 6.07 Å². The van der Waals surface area contributed by atoms with Crippen LogP contribution in [0.2, 0.25) is 0 Å². The first-order valence-corrected chi connectivity index (χ1v) is 8.08. The van der Waals surface area contributed by atoms with E-state index in [9.17, 15) is 26.4 Å². The predicted octanol–water partition coefficient (Wildman–Crippen LogP) is 1.23. The van der Waals surface area contributed by atoms with Gasteiger partial charge in [0.25, 0.3) is 5.91 Å². The third-order valence-corrected chi connectivity index (χ3v) is 5.52. The van der Waals surface area contributed by atoms with Crippen LogP contribution in [-0.4, -0.2) is 28.8 Å². The first-order chi connectivity index (χ1) is 11.1. The molecule has 0 fully saturated rings. The summed E-state index contributed by atoms with van der Waals surface area (Å²) in [4.78, 5) is 10.4. The molecule has 0 saturated heterocycles. The summed E-state index contributed by atoms with van der Waals surface area (Å²) in [6, 6.07) is 3.94. The number of carbonyl (C=O) groups excluding carboxylic acids is 1. The van der Waals surface area contributed by atoms with E-state index in [0.717, 1.165) is 16.4 Å². The van der Waals surface area contributed by atoms with E-state index >= 15 is 0 Å². The molecule has 1 aromatic heterocycles. The maximum atomic E-state index is 13.1. The maximum Gasteiger partial charge on any atom is 0.417 e. The number of nitrogens with zero attached hydrogens (tertiary/aromatic N) is 2. The summed E-state index contributed by atoms with van der Waals surface area (Å²) in [5.74, 6) is -0.845. The maximum absolute atomic E-state index is 13.1. The van der Waals surface area contributed by atoms with E-state index in [1.54, 1.807) is 0 Å². The number of aromatic nitrogens is 2. The van der Waals surface area contributed by atoms with Gasteiger partial charge in [-0.25, -0.2) is 8.42 Å². The summed E-state index contributed by atoms with van der Waals surface area (Å²) < 4.78 is 65.3. The van der Waals surface area contributed by atoms with Crippen LogP contribution in [0.15, 0.2) is 29.2 Å². The lowest BCUT2D eigenvalue weighted by molar-refractivity contribution is -0.139. The number of alkyl halides is 3. The Morgan fingerprint density at radius 1 is 1.25 bits per heavy atom. The first-order valence-electron chi connectivity index (χ1n) is 6.64. The SMILES string of the molecule is NC(=O)c1n[nH]c2c1CN(S(=O)(=O)c1ccccc1C(F)(F)F)C2. The summed E-state index contributed by atoms with van der Waals surface area (Å²) in [7, 11) is -4.42. The number of nitrogens with one attached hydrogen (secondary N) is 1. The van der Waals surface area contributed by atoms with Crippen LogP contribution in [0.1, 0.15) is 27.3 Å². The zero-order chi connectivity index (χ0) is 17.7. The summed E-state index contributed by atoms with van der Waals surface area (Å²) >= 11 is 0. The number of amides is 1. The smallest absolute Gasteiger partial charge is 0.364 e.